The van der Waals surface area contributed by atoms with Gasteiger partial charge >= 0.3 is 0 Å². The van der Waals surface area contributed by atoms with Gasteiger partial charge in [0.2, 0.25) is 0 Å². The number of rotatable bonds is 9. The van der Waals surface area contributed by atoms with Crippen LogP contribution in [-0.4, -0.2) is 30.1 Å². The number of nitrogens with one attached hydrogen (secondary N) is 1. The lowest BCUT2D eigenvalue weighted by Crippen LogP contribution is -2.24. The third-order valence-electron chi connectivity index (χ3n) is 3.43. The van der Waals surface area contributed by atoms with Crippen molar-refractivity contribution in [2.24, 2.45) is 0 Å². The lowest BCUT2D eigenvalue weighted by Gasteiger charge is -2.22. The zero-order chi connectivity index (χ0) is 15.0. The minimum Gasteiger partial charge on any atom is -0.372 e. The summed E-state index contributed by atoms with van der Waals surface area (Å²) < 4.78 is 0. The average molecular weight is 278 g/mol. The highest BCUT2D eigenvalue weighted by Crippen LogP contribution is 2.20. The third-order valence-corrected chi connectivity index (χ3v) is 3.43. The van der Waals surface area contributed by atoms with Crippen LogP contribution < -0.4 is 10.2 Å². The summed E-state index contributed by atoms with van der Waals surface area (Å²) in [5.74, 6) is 1.30. The highest BCUT2D eigenvalue weighted by molar-refractivity contribution is 5.48. The molecule has 1 N–H and O–H groups in total. The van der Waals surface area contributed by atoms with Crippen LogP contribution in [-0.2, 0) is 6.54 Å². The van der Waals surface area contributed by atoms with E-state index >= 15 is 0 Å². The van der Waals surface area contributed by atoms with Crippen LogP contribution in [0.25, 0.3) is 0 Å². The van der Waals surface area contributed by atoms with E-state index in [4.69, 9.17) is 4.98 Å². The SMILES string of the molecule is CCCCCN(C)c1cnc(C(C)C)nc1CNCC. The van der Waals surface area contributed by atoms with Gasteiger partial charge in [-0.25, -0.2) is 9.97 Å². The standard InChI is InChI=1S/C16H30N4/c1-6-8-9-10-20(5)15-12-18-16(13(3)4)19-14(15)11-17-7-2/h12-13,17H,6-11H2,1-5H3. The number of nitrogens with zero attached hydrogens (tertiary/aromatic N) is 3. The monoisotopic (exact) mass is 278 g/mol. The van der Waals surface area contributed by atoms with Gasteiger partial charge < -0.3 is 10.2 Å². The van der Waals surface area contributed by atoms with Gasteiger partial charge in [0.1, 0.15) is 5.82 Å². The Hall–Kier alpha value is -1.16. The first kappa shape index (κ1) is 16.9. The Morgan fingerprint density at radius 3 is 2.60 bits per heavy atom. The van der Waals surface area contributed by atoms with E-state index in [1.54, 1.807) is 0 Å². The molecule has 4 heteroatoms. The number of hydrogen-bond acceptors (Lipinski definition) is 4. The molecule has 0 aromatic carbocycles. The summed E-state index contributed by atoms with van der Waals surface area (Å²) in [6.07, 6.45) is 5.74. The Bertz CT molecular complexity index is 390. The van der Waals surface area contributed by atoms with Crippen molar-refractivity contribution in [1.29, 1.82) is 0 Å². The quantitative estimate of drug-likeness (QED) is 0.703. The molecule has 4 nitrogen and oxygen atoms in total. The van der Waals surface area contributed by atoms with Crippen LogP contribution >= 0.6 is 0 Å². The summed E-state index contributed by atoms with van der Waals surface area (Å²) in [6.45, 7) is 11.5. The molecule has 0 aliphatic carbocycles. The molecule has 0 aliphatic heterocycles. The van der Waals surface area contributed by atoms with E-state index in [-0.39, 0.29) is 0 Å². The van der Waals surface area contributed by atoms with Crippen LogP contribution in [0.15, 0.2) is 6.20 Å². The number of unbranched alkanes of at least 4 members (excludes halogenated alkanes) is 2. The second-order valence-corrected chi connectivity index (χ2v) is 5.62. The number of hydrogen-bond donors (Lipinski definition) is 1. The van der Waals surface area contributed by atoms with Gasteiger partial charge in [-0.15, -0.1) is 0 Å². The van der Waals surface area contributed by atoms with Crippen molar-refractivity contribution < 1.29 is 0 Å². The molecule has 114 valence electrons. The van der Waals surface area contributed by atoms with E-state index in [1.807, 2.05) is 6.20 Å². The molecule has 0 saturated heterocycles. The Kier molecular flexibility index (Phi) is 7.52. The number of aromatic nitrogens is 2. The fraction of sp³-hybridized carbons (Fsp3) is 0.750. The minimum absolute atomic E-state index is 0.370. The van der Waals surface area contributed by atoms with Gasteiger partial charge in [-0.1, -0.05) is 40.5 Å². The maximum atomic E-state index is 4.74. The molecule has 1 heterocycles. The van der Waals surface area contributed by atoms with Crippen molar-refractivity contribution in [2.75, 3.05) is 25.0 Å². The van der Waals surface area contributed by atoms with E-state index in [9.17, 15) is 0 Å². The van der Waals surface area contributed by atoms with Gasteiger partial charge in [-0.05, 0) is 13.0 Å². The van der Waals surface area contributed by atoms with E-state index in [0.717, 1.165) is 36.8 Å². The first-order valence-corrected chi connectivity index (χ1v) is 7.87. The Morgan fingerprint density at radius 1 is 1.25 bits per heavy atom. The third kappa shape index (κ3) is 5.08. The van der Waals surface area contributed by atoms with Crippen molar-refractivity contribution in [3.8, 4) is 0 Å². The van der Waals surface area contributed by atoms with Crippen molar-refractivity contribution in [3.05, 3.63) is 17.7 Å². The van der Waals surface area contributed by atoms with E-state index in [0.29, 0.717) is 5.92 Å². The molecule has 0 saturated carbocycles. The number of anilines is 1. The molecule has 1 aromatic heterocycles. The molecular formula is C16H30N4. The van der Waals surface area contributed by atoms with Gasteiger partial charge in [-0.3, -0.25) is 0 Å². The normalized spacial score (nSPS) is 11.1. The molecular weight excluding hydrogens is 248 g/mol. The van der Waals surface area contributed by atoms with Crippen molar-refractivity contribution >= 4 is 5.69 Å². The summed E-state index contributed by atoms with van der Waals surface area (Å²) in [7, 11) is 2.14. The first-order valence-electron chi connectivity index (χ1n) is 7.87. The van der Waals surface area contributed by atoms with Gasteiger partial charge in [-0.2, -0.15) is 0 Å². The summed E-state index contributed by atoms with van der Waals surface area (Å²) in [4.78, 5) is 11.5. The smallest absolute Gasteiger partial charge is 0.131 e. The van der Waals surface area contributed by atoms with Crippen LogP contribution in [0, 0.1) is 0 Å². The lowest BCUT2D eigenvalue weighted by atomic mass is 10.2. The largest absolute Gasteiger partial charge is 0.372 e. The Balaban J connectivity index is 2.86. The topological polar surface area (TPSA) is 41.1 Å². The Morgan fingerprint density at radius 2 is 2.00 bits per heavy atom. The van der Waals surface area contributed by atoms with E-state index < -0.39 is 0 Å². The van der Waals surface area contributed by atoms with Crippen LogP contribution in [0.2, 0.25) is 0 Å². The summed E-state index contributed by atoms with van der Waals surface area (Å²) in [6, 6.07) is 0. The molecule has 0 atom stereocenters. The van der Waals surface area contributed by atoms with Crippen molar-refractivity contribution in [3.63, 3.8) is 0 Å². The van der Waals surface area contributed by atoms with Gasteiger partial charge in [0.25, 0.3) is 0 Å². The molecule has 0 aliphatic rings. The first-order chi connectivity index (χ1) is 9.60. The molecule has 0 fully saturated rings. The zero-order valence-corrected chi connectivity index (χ0v) is 13.7. The lowest BCUT2D eigenvalue weighted by molar-refractivity contribution is 0.670. The van der Waals surface area contributed by atoms with Crippen molar-refractivity contribution in [1.82, 2.24) is 15.3 Å². The maximum absolute atomic E-state index is 4.74. The molecule has 0 bridgehead atoms. The molecule has 20 heavy (non-hydrogen) atoms. The minimum atomic E-state index is 0.370. The maximum Gasteiger partial charge on any atom is 0.131 e. The van der Waals surface area contributed by atoms with Crippen molar-refractivity contribution in [2.45, 2.75) is 59.4 Å². The van der Waals surface area contributed by atoms with E-state index in [1.165, 1.54) is 19.3 Å². The molecule has 0 unspecified atom stereocenters. The highest BCUT2D eigenvalue weighted by Gasteiger charge is 2.12. The molecule has 1 aromatic rings. The fourth-order valence-electron chi connectivity index (χ4n) is 2.12. The highest BCUT2D eigenvalue weighted by atomic mass is 15.1. The predicted octanol–water partition coefficient (Wildman–Crippen LogP) is 3.34. The Labute approximate surface area is 124 Å². The summed E-state index contributed by atoms with van der Waals surface area (Å²) in [5.41, 5.74) is 2.27. The van der Waals surface area contributed by atoms with Crippen LogP contribution in [0.5, 0.6) is 0 Å². The fourth-order valence-corrected chi connectivity index (χ4v) is 2.12. The van der Waals surface area contributed by atoms with Gasteiger partial charge in [0, 0.05) is 26.1 Å². The van der Waals surface area contributed by atoms with Gasteiger partial charge in [0.15, 0.2) is 0 Å². The molecule has 0 radical (unpaired) electrons. The van der Waals surface area contributed by atoms with Gasteiger partial charge in [0.05, 0.1) is 17.6 Å². The molecule has 1 rings (SSSR count). The summed E-state index contributed by atoms with van der Waals surface area (Å²) in [5, 5.41) is 3.38. The molecule has 0 amide bonds. The van der Waals surface area contributed by atoms with E-state index in [2.05, 4.69) is 49.9 Å². The molecule has 0 spiro atoms. The second kappa shape index (κ2) is 8.90. The predicted molar refractivity (Wildman–Crippen MR) is 86.3 cm³/mol. The second-order valence-electron chi connectivity index (χ2n) is 5.62. The zero-order valence-electron chi connectivity index (χ0n) is 13.7. The average Bonchev–Trinajstić information content (AvgIpc) is 2.44. The van der Waals surface area contributed by atoms with Crippen LogP contribution in [0.1, 0.15) is 64.4 Å². The van der Waals surface area contributed by atoms with Crippen LogP contribution in [0.3, 0.4) is 0 Å². The summed E-state index contributed by atoms with van der Waals surface area (Å²) >= 11 is 0. The van der Waals surface area contributed by atoms with Crippen LogP contribution in [0.4, 0.5) is 5.69 Å².